The van der Waals surface area contributed by atoms with Crippen LogP contribution in [-0.4, -0.2) is 60.6 Å². The Hall–Kier alpha value is -2.49. The fourth-order valence-electron chi connectivity index (χ4n) is 2.71. The van der Waals surface area contributed by atoms with E-state index in [1.165, 1.54) is 24.4 Å². The van der Waals surface area contributed by atoms with Gasteiger partial charge in [-0.15, -0.1) is 0 Å². The minimum Gasteiger partial charge on any atom is -0.355 e. The predicted molar refractivity (Wildman–Crippen MR) is 86.7 cm³/mol. The summed E-state index contributed by atoms with van der Waals surface area (Å²) in [5.41, 5.74) is 0. The highest BCUT2D eigenvalue weighted by Gasteiger charge is 2.36. The van der Waals surface area contributed by atoms with Crippen LogP contribution in [-0.2, 0) is 9.59 Å². The Kier molecular flexibility index (Phi) is 3.89. The number of carbonyl (C=O) groups is 2. The number of hydrogen-bond donors (Lipinski definition) is 1. The highest BCUT2D eigenvalue weighted by Crippen LogP contribution is 2.25. The van der Waals surface area contributed by atoms with Crippen LogP contribution in [0.5, 0.6) is 0 Å². The van der Waals surface area contributed by atoms with Gasteiger partial charge >= 0.3 is 0 Å². The SMILES string of the molecule is O=C(NC1CCSC1=O)C1CN(c2cc(-n3cncn3)ncn2)C1. The molecule has 2 aromatic rings. The van der Waals surface area contributed by atoms with Crippen molar-refractivity contribution in [3.8, 4) is 5.82 Å². The van der Waals surface area contributed by atoms with Gasteiger partial charge in [0.25, 0.3) is 0 Å². The molecule has 2 fully saturated rings. The molecule has 1 atom stereocenters. The molecule has 4 heterocycles. The topological polar surface area (TPSA) is 106 Å². The third-order valence-corrected chi connectivity index (χ3v) is 5.13. The lowest BCUT2D eigenvalue weighted by atomic mass is 9.98. The Balaban J connectivity index is 1.36. The van der Waals surface area contributed by atoms with Crippen LogP contribution in [0.2, 0.25) is 0 Å². The maximum absolute atomic E-state index is 12.2. The number of nitrogens with one attached hydrogen (secondary N) is 1. The van der Waals surface area contributed by atoms with Crippen molar-refractivity contribution in [1.82, 2.24) is 30.0 Å². The molecule has 0 spiro atoms. The van der Waals surface area contributed by atoms with Gasteiger partial charge in [0.2, 0.25) is 11.0 Å². The average Bonchev–Trinajstić information content (AvgIpc) is 3.19. The Morgan fingerprint density at radius 2 is 2.08 bits per heavy atom. The summed E-state index contributed by atoms with van der Waals surface area (Å²) < 4.78 is 1.55. The third-order valence-electron chi connectivity index (χ3n) is 4.12. The second-order valence-corrected chi connectivity index (χ2v) is 6.79. The van der Waals surface area contributed by atoms with Gasteiger partial charge in [-0.25, -0.2) is 19.6 Å². The van der Waals surface area contributed by atoms with Crippen LogP contribution in [0.4, 0.5) is 5.82 Å². The molecule has 0 radical (unpaired) electrons. The molecule has 1 unspecified atom stereocenters. The number of thioether (sulfide) groups is 1. The molecule has 10 heteroatoms. The molecule has 2 aliphatic heterocycles. The van der Waals surface area contributed by atoms with Gasteiger partial charge in [-0.2, -0.15) is 5.10 Å². The molecule has 0 bridgehead atoms. The van der Waals surface area contributed by atoms with Gasteiger partial charge in [0.15, 0.2) is 5.82 Å². The molecular formula is C14H15N7O2S. The van der Waals surface area contributed by atoms with E-state index in [0.717, 1.165) is 18.0 Å². The molecule has 2 saturated heterocycles. The smallest absolute Gasteiger partial charge is 0.227 e. The van der Waals surface area contributed by atoms with Crippen LogP contribution in [0.15, 0.2) is 25.0 Å². The number of anilines is 1. The van der Waals surface area contributed by atoms with Gasteiger partial charge in [-0.1, -0.05) is 11.8 Å². The summed E-state index contributed by atoms with van der Waals surface area (Å²) in [7, 11) is 0. The van der Waals surface area contributed by atoms with Gasteiger partial charge < -0.3 is 10.2 Å². The fraction of sp³-hybridized carbons (Fsp3) is 0.429. The van der Waals surface area contributed by atoms with E-state index in [9.17, 15) is 9.59 Å². The van der Waals surface area contributed by atoms with Gasteiger partial charge in [0, 0.05) is 24.9 Å². The molecule has 0 aromatic carbocycles. The third kappa shape index (κ3) is 2.84. The zero-order valence-electron chi connectivity index (χ0n) is 12.7. The maximum Gasteiger partial charge on any atom is 0.227 e. The standard InChI is InChI=1S/C14H15N7O2S/c22-13(19-10-1-2-24-14(10)23)9-4-20(5-9)11-3-12(17-7-16-11)21-8-15-6-18-21/h3,6-10H,1-2,4-5H2,(H,19,22). The van der Waals surface area contributed by atoms with Gasteiger partial charge in [-0.3, -0.25) is 9.59 Å². The van der Waals surface area contributed by atoms with Crippen LogP contribution >= 0.6 is 11.8 Å². The molecule has 4 rings (SSSR count). The summed E-state index contributed by atoms with van der Waals surface area (Å²) in [6, 6.07) is 1.48. The first-order valence-electron chi connectivity index (χ1n) is 7.60. The van der Waals surface area contributed by atoms with Crippen molar-refractivity contribution < 1.29 is 9.59 Å². The summed E-state index contributed by atoms with van der Waals surface area (Å²) in [6.07, 6.45) is 5.19. The van der Waals surface area contributed by atoms with Crippen molar-refractivity contribution in [2.24, 2.45) is 5.92 Å². The average molecular weight is 345 g/mol. The van der Waals surface area contributed by atoms with Crippen LogP contribution in [0.25, 0.3) is 5.82 Å². The molecule has 2 aliphatic rings. The Morgan fingerprint density at radius 3 is 2.79 bits per heavy atom. The molecule has 0 saturated carbocycles. The summed E-state index contributed by atoms with van der Waals surface area (Å²) >= 11 is 1.29. The number of rotatable bonds is 4. The van der Waals surface area contributed by atoms with E-state index in [2.05, 4.69) is 25.4 Å². The maximum atomic E-state index is 12.2. The Labute approximate surface area is 141 Å². The lowest BCUT2D eigenvalue weighted by Gasteiger charge is -2.39. The monoisotopic (exact) mass is 345 g/mol. The lowest BCUT2D eigenvalue weighted by Crippen LogP contribution is -2.55. The van der Waals surface area contributed by atoms with E-state index in [-0.39, 0.29) is 23.0 Å². The summed E-state index contributed by atoms with van der Waals surface area (Å²) in [4.78, 5) is 38.1. The van der Waals surface area contributed by atoms with E-state index in [1.807, 2.05) is 4.90 Å². The minimum absolute atomic E-state index is 0.0577. The molecule has 124 valence electrons. The van der Waals surface area contributed by atoms with Crippen molar-refractivity contribution in [3.05, 3.63) is 25.0 Å². The Bertz CT molecular complexity index is 760. The number of amides is 1. The summed E-state index contributed by atoms with van der Waals surface area (Å²) in [5, 5.41) is 6.95. The molecule has 1 amide bonds. The van der Waals surface area contributed by atoms with Gasteiger partial charge in [0.1, 0.15) is 24.8 Å². The second-order valence-electron chi connectivity index (χ2n) is 5.69. The zero-order chi connectivity index (χ0) is 16.5. The number of nitrogens with zero attached hydrogens (tertiary/aromatic N) is 6. The highest BCUT2D eigenvalue weighted by atomic mass is 32.2. The predicted octanol–water partition coefficient (Wildman–Crippen LogP) is -0.358. The van der Waals surface area contributed by atoms with Gasteiger partial charge in [-0.05, 0) is 6.42 Å². The fourth-order valence-corrected chi connectivity index (χ4v) is 3.64. The van der Waals surface area contributed by atoms with Crippen LogP contribution in [0.1, 0.15) is 6.42 Å². The van der Waals surface area contributed by atoms with Crippen molar-refractivity contribution in [2.45, 2.75) is 12.5 Å². The van der Waals surface area contributed by atoms with Crippen molar-refractivity contribution >= 4 is 28.6 Å². The van der Waals surface area contributed by atoms with E-state index in [0.29, 0.717) is 18.9 Å². The molecule has 9 nitrogen and oxygen atoms in total. The van der Waals surface area contributed by atoms with E-state index in [4.69, 9.17) is 0 Å². The first kappa shape index (κ1) is 15.1. The van der Waals surface area contributed by atoms with Gasteiger partial charge in [0.05, 0.1) is 12.0 Å². The van der Waals surface area contributed by atoms with Crippen LogP contribution in [0, 0.1) is 5.92 Å². The first-order valence-corrected chi connectivity index (χ1v) is 8.58. The summed E-state index contributed by atoms with van der Waals surface area (Å²) in [6.45, 7) is 1.15. The largest absolute Gasteiger partial charge is 0.355 e. The second kappa shape index (κ2) is 6.19. The normalized spacial score (nSPS) is 20.9. The van der Waals surface area contributed by atoms with Crippen LogP contribution in [0.3, 0.4) is 0 Å². The number of hydrogen-bond acceptors (Lipinski definition) is 8. The first-order chi connectivity index (χ1) is 11.7. The van der Waals surface area contributed by atoms with Crippen molar-refractivity contribution in [2.75, 3.05) is 23.7 Å². The van der Waals surface area contributed by atoms with E-state index in [1.54, 1.807) is 17.1 Å². The lowest BCUT2D eigenvalue weighted by molar-refractivity contribution is -0.128. The zero-order valence-corrected chi connectivity index (χ0v) is 13.5. The molecule has 1 N–H and O–H groups in total. The quantitative estimate of drug-likeness (QED) is 0.801. The Morgan fingerprint density at radius 1 is 1.25 bits per heavy atom. The molecule has 2 aromatic heterocycles. The molecular weight excluding hydrogens is 330 g/mol. The minimum atomic E-state index is -0.325. The van der Waals surface area contributed by atoms with E-state index < -0.39 is 0 Å². The van der Waals surface area contributed by atoms with Crippen molar-refractivity contribution in [3.63, 3.8) is 0 Å². The number of aromatic nitrogens is 5. The highest BCUT2D eigenvalue weighted by molar-refractivity contribution is 8.14. The molecule has 24 heavy (non-hydrogen) atoms. The molecule has 0 aliphatic carbocycles. The van der Waals surface area contributed by atoms with Crippen molar-refractivity contribution in [1.29, 1.82) is 0 Å². The van der Waals surface area contributed by atoms with E-state index >= 15 is 0 Å². The number of carbonyl (C=O) groups excluding carboxylic acids is 2. The summed E-state index contributed by atoms with van der Waals surface area (Å²) in [5.74, 6) is 1.98. The van der Waals surface area contributed by atoms with Crippen LogP contribution < -0.4 is 10.2 Å².